The summed E-state index contributed by atoms with van der Waals surface area (Å²) in [6, 6.07) is 22.8. The molecule has 0 amide bonds. The molecule has 3 aromatic rings. The van der Waals surface area contributed by atoms with E-state index >= 15 is 0 Å². The third kappa shape index (κ3) is 7.55. The van der Waals surface area contributed by atoms with E-state index in [0.717, 1.165) is 37.7 Å². The Morgan fingerprint density at radius 2 is 1.58 bits per heavy atom. The molecule has 198 valence electrons. The number of hydrogen-bond donors (Lipinski definition) is 3. The number of hydrogen-bond acceptors (Lipinski definition) is 6. The van der Waals surface area contributed by atoms with Gasteiger partial charge in [-0.2, -0.15) is 0 Å². The van der Waals surface area contributed by atoms with Crippen molar-refractivity contribution in [1.82, 2.24) is 9.80 Å². The van der Waals surface area contributed by atoms with Crippen molar-refractivity contribution in [3.63, 3.8) is 0 Å². The quantitative estimate of drug-likeness (QED) is 0.193. The maximum atomic E-state index is 12.5. The topological polar surface area (TPSA) is 90.0 Å². The van der Waals surface area contributed by atoms with E-state index in [1.165, 1.54) is 29.3 Å². The van der Waals surface area contributed by atoms with Crippen molar-refractivity contribution in [3.8, 4) is 11.5 Å². The molecule has 0 aromatic heterocycles. The Bertz CT molecular complexity index is 1250. The number of allylic oxidation sites excluding steroid dienone is 2. The molecule has 0 aliphatic carbocycles. The molecule has 0 radical (unpaired) electrons. The molecular weight excluding hydrogens is 498 g/mol. The minimum absolute atomic E-state index is 0.117. The third-order valence-corrected chi connectivity index (χ3v) is 7.11. The van der Waals surface area contributed by atoms with E-state index < -0.39 is 6.04 Å². The molecule has 1 heterocycles. The van der Waals surface area contributed by atoms with Gasteiger partial charge < -0.3 is 20.8 Å². The summed E-state index contributed by atoms with van der Waals surface area (Å²) in [6.45, 7) is 4.44. The second-order valence-corrected chi connectivity index (χ2v) is 9.94. The van der Waals surface area contributed by atoms with Crippen molar-refractivity contribution in [2.24, 2.45) is 5.73 Å². The van der Waals surface area contributed by atoms with Crippen molar-refractivity contribution in [2.45, 2.75) is 18.5 Å². The summed E-state index contributed by atoms with van der Waals surface area (Å²) in [6.07, 6.45) is 7.17. The van der Waals surface area contributed by atoms with Crippen LogP contribution >= 0.6 is 11.6 Å². The molecule has 4 rings (SSSR count). The molecule has 7 heteroatoms. The minimum atomic E-state index is -0.554. The van der Waals surface area contributed by atoms with Gasteiger partial charge in [0, 0.05) is 37.7 Å². The number of phenolic OH excluding ortho intramolecular Hbond substituents is 2. The zero-order valence-electron chi connectivity index (χ0n) is 21.3. The smallest absolute Gasteiger partial charge is 0.172 e. The lowest BCUT2D eigenvalue weighted by molar-refractivity contribution is -0.116. The Hall–Kier alpha value is -3.42. The molecule has 0 bridgehead atoms. The predicted octanol–water partition coefficient (Wildman–Crippen LogP) is 5.01. The normalized spacial score (nSPS) is 16.7. The van der Waals surface area contributed by atoms with Gasteiger partial charge in [-0.1, -0.05) is 78.4 Å². The van der Waals surface area contributed by atoms with E-state index in [2.05, 4.69) is 46.2 Å². The maximum absolute atomic E-state index is 12.5. The van der Waals surface area contributed by atoms with Gasteiger partial charge in [-0.3, -0.25) is 9.69 Å². The lowest BCUT2D eigenvalue weighted by Gasteiger charge is -2.40. The summed E-state index contributed by atoms with van der Waals surface area (Å²) in [5, 5.41) is 19.7. The highest BCUT2D eigenvalue weighted by atomic mass is 35.5. The number of carbonyl (C=O) groups is 1. The van der Waals surface area contributed by atoms with E-state index in [1.807, 2.05) is 18.2 Å². The Kier molecular flexibility index (Phi) is 9.73. The van der Waals surface area contributed by atoms with E-state index in [0.29, 0.717) is 12.0 Å². The van der Waals surface area contributed by atoms with Crippen LogP contribution in [-0.4, -0.2) is 64.6 Å². The lowest BCUT2D eigenvalue weighted by atomic mass is 9.96. The number of aromatic hydroxyl groups is 2. The highest BCUT2D eigenvalue weighted by molar-refractivity contribution is 6.30. The number of piperazine rings is 1. The number of nitrogens with two attached hydrogens (primary N) is 1. The molecular formula is C31H34ClN3O3. The number of carbonyl (C=O) groups excluding carboxylic acids is 1. The minimum Gasteiger partial charge on any atom is -0.504 e. The molecule has 3 aromatic carbocycles. The zero-order chi connectivity index (χ0) is 26.9. The summed E-state index contributed by atoms with van der Waals surface area (Å²) in [7, 11) is 0. The van der Waals surface area contributed by atoms with E-state index in [9.17, 15) is 15.0 Å². The van der Waals surface area contributed by atoms with Gasteiger partial charge in [0.25, 0.3) is 0 Å². The highest BCUT2D eigenvalue weighted by Gasteiger charge is 2.26. The average molecular weight is 532 g/mol. The van der Waals surface area contributed by atoms with Crippen LogP contribution in [0.25, 0.3) is 6.08 Å². The SMILES string of the molecule is NC(CCN1CCN(C(c2ccccc2)c2ccc(Cl)cc2)CC1)C(=O)C=CC=Cc1ccc(O)c(O)c1. The number of halogens is 1. The molecule has 38 heavy (non-hydrogen) atoms. The summed E-state index contributed by atoms with van der Waals surface area (Å²) in [5.74, 6) is -0.470. The summed E-state index contributed by atoms with van der Waals surface area (Å²) in [4.78, 5) is 17.3. The van der Waals surface area contributed by atoms with Crippen LogP contribution in [0.5, 0.6) is 11.5 Å². The maximum Gasteiger partial charge on any atom is 0.172 e. The summed E-state index contributed by atoms with van der Waals surface area (Å²) < 4.78 is 0. The summed E-state index contributed by atoms with van der Waals surface area (Å²) >= 11 is 6.14. The Morgan fingerprint density at radius 3 is 2.26 bits per heavy atom. The van der Waals surface area contributed by atoms with E-state index in [1.54, 1.807) is 24.3 Å². The second-order valence-electron chi connectivity index (χ2n) is 9.51. The molecule has 1 aliphatic rings. The Labute approximate surface area is 229 Å². The lowest BCUT2D eigenvalue weighted by Crippen LogP contribution is -2.49. The Morgan fingerprint density at radius 1 is 0.895 bits per heavy atom. The molecule has 0 saturated carbocycles. The van der Waals surface area contributed by atoms with Crippen LogP contribution in [0.1, 0.15) is 29.2 Å². The highest BCUT2D eigenvalue weighted by Crippen LogP contribution is 2.30. The average Bonchev–Trinajstić information content (AvgIpc) is 2.94. The third-order valence-electron chi connectivity index (χ3n) is 6.85. The number of phenols is 2. The van der Waals surface area contributed by atoms with Crippen molar-refractivity contribution < 1.29 is 15.0 Å². The molecule has 6 nitrogen and oxygen atoms in total. The van der Waals surface area contributed by atoms with Gasteiger partial charge in [0.2, 0.25) is 0 Å². The molecule has 1 fully saturated rings. The second kappa shape index (κ2) is 13.4. The fourth-order valence-corrected chi connectivity index (χ4v) is 4.81. The fourth-order valence-electron chi connectivity index (χ4n) is 4.69. The number of rotatable bonds is 10. The van der Waals surface area contributed by atoms with E-state index in [-0.39, 0.29) is 23.3 Å². The van der Waals surface area contributed by atoms with Gasteiger partial charge in [-0.25, -0.2) is 0 Å². The van der Waals surface area contributed by atoms with Gasteiger partial charge >= 0.3 is 0 Å². The first-order valence-electron chi connectivity index (χ1n) is 12.8. The summed E-state index contributed by atoms with van der Waals surface area (Å²) in [5.41, 5.74) is 9.37. The van der Waals surface area contributed by atoms with E-state index in [4.69, 9.17) is 17.3 Å². The van der Waals surface area contributed by atoms with Crippen LogP contribution in [0.3, 0.4) is 0 Å². The monoisotopic (exact) mass is 531 g/mol. The van der Waals surface area contributed by atoms with Crippen LogP contribution in [0, 0.1) is 0 Å². The molecule has 4 N–H and O–H groups in total. The molecule has 2 atom stereocenters. The Balaban J connectivity index is 1.26. The van der Waals surface area contributed by atoms with Crippen molar-refractivity contribution >= 4 is 23.5 Å². The molecule has 0 spiro atoms. The van der Waals surface area contributed by atoms with Crippen molar-refractivity contribution in [1.29, 1.82) is 0 Å². The number of benzene rings is 3. The predicted molar refractivity (Wildman–Crippen MR) is 153 cm³/mol. The van der Waals surface area contributed by atoms with Gasteiger partial charge in [0.1, 0.15) is 0 Å². The van der Waals surface area contributed by atoms with Gasteiger partial charge in [-0.15, -0.1) is 0 Å². The van der Waals surface area contributed by atoms with Crippen LogP contribution in [0.2, 0.25) is 5.02 Å². The van der Waals surface area contributed by atoms with Crippen molar-refractivity contribution in [3.05, 3.63) is 113 Å². The van der Waals surface area contributed by atoms with Crippen LogP contribution in [0.15, 0.2) is 91.0 Å². The van der Waals surface area contributed by atoms with Gasteiger partial charge in [0.15, 0.2) is 17.3 Å². The van der Waals surface area contributed by atoms with Crippen LogP contribution in [0.4, 0.5) is 0 Å². The first-order valence-corrected chi connectivity index (χ1v) is 13.2. The first-order chi connectivity index (χ1) is 18.4. The fraction of sp³-hybridized carbons (Fsp3) is 0.258. The molecule has 1 saturated heterocycles. The first kappa shape index (κ1) is 27.6. The number of nitrogens with zero attached hydrogens (tertiary/aromatic N) is 2. The number of ketones is 1. The van der Waals surface area contributed by atoms with Crippen molar-refractivity contribution in [2.75, 3.05) is 32.7 Å². The van der Waals surface area contributed by atoms with Crippen LogP contribution < -0.4 is 5.73 Å². The van der Waals surface area contributed by atoms with Gasteiger partial charge in [0.05, 0.1) is 12.1 Å². The largest absolute Gasteiger partial charge is 0.504 e. The zero-order valence-corrected chi connectivity index (χ0v) is 22.0. The standard InChI is InChI=1S/C31H34ClN3O3/c32-26-13-11-25(12-14-26)31(24-7-2-1-3-8-24)35-20-18-34(19-21-35)17-16-27(33)28(36)9-5-4-6-23-10-15-29(37)30(38)22-23/h1-15,22,27,31,37-38H,16-21,33H2. The van der Waals surface area contributed by atoms with Crippen LogP contribution in [-0.2, 0) is 4.79 Å². The van der Waals surface area contributed by atoms with Gasteiger partial charge in [-0.05, 0) is 53.5 Å². The molecule has 1 aliphatic heterocycles. The molecule has 2 unspecified atom stereocenters.